The van der Waals surface area contributed by atoms with Gasteiger partial charge >= 0.3 is 0 Å². The summed E-state index contributed by atoms with van der Waals surface area (Å²) in [6, 6.07) is 21.9. The van der Waals surface area contributed by atoms with Crippen molar-refractivity contribution in [3.8, 4) is 0 Å². The summed E-state index contributed by atoms with van der Waals surface area (Å²) in [6.45, 7) is 9.38. The lowest BCUT2D eigenvalue weighted by Gasteiger charge is -2.60. The van der Waals surface area contributed by atoms with E-state index in [-0.39, 0.29) is 0 Å². The van der Waals surface area contributed by atoms with Crippen LogP contribution in [0.4, 0.5) is 0 Å². The molecule has 3 aliphatic carbocycles. The minimum Gasteiger partial charge on any atom is -0.315 e. The van der Waals surface area contributed by atoms with Gasteiger partial charge in [0.05, 0.1) is 0 Å². The molecule has 5 rings (SSSR count). The average Bonchev–Trinajstić information content (AvgIpc) is 2.77. The van der Waals surface area contributed by atoms with Gasteiger partial charge in [0.25, 0.3) is 0 Å². The molecule has 2 N–H and O–H groups in total. The highest BCUT2D eigenvalue weighted by Crippen LogP contribution is 2.61. The van der Waals surface area contributed by atoms with Gasteiger partial charge in [0.2, 0.25) is 0 Å². The largest absolute Gasteiger partial charge is 0.315 e. The van der Waals surface area contributed by atoms with Crippen LogP contribution >= 0.6 is 0 Å². The quantitative estimate of drug-likeness (QED) is 0.526. The zero-order chi connectivity index (χ0) is 20.1. The Morgan fingerprint density at radius 1 is 0.828 bits per heavy atom. The number of benzene rings is 2. The van der Waals surface area contributed by atoms with Crippen LogP contribution in [0, 0.1) is 23.2 Å². The van der Waals surface area contributed by atoms with Crippen molar-refractivity contribution in [2.24, 2.45) is 23.2 Å². The molecule has 156 valence electrons. The molecular weight excluding hydrogens is 352 g/mol. The highest BCUT2D eigenvalue weighted by molar-refractivity contribution is 5.32. The molecule has 0 saturated heterocycles. The summed E-state index contributed by atoms with van der Waals surface area (Å²) in [5.41, 5.74) is 3.43. The van der Waals surface area contributed by atoms with Gasteiger partial charge in [-0.05, 0) is 73.1 Å². The van der Waals surface area contributed by atoms with Gasteiger partial charge in [0.1, 0.15) is 0 Å². The second kappa shape index (κ2) is 9.45. The Morgan fingerprint density at radius 2 is 1.45 bits per heavy atom. The first kappa shape index (κ1) is 20.6. The summed E-state index contributed by atoms with van der Waals surface area (Å²) in [5.74, 6) is 3.33. The Balaban J connectivity index is 1.17. The summed E-state index contributed by atoms with van der Waals surface area (Å²) in [4.78, 5) is 0. The van der Waals surface area contributed by atoms with E-state index < -0.39 is 0 Å². The van der Waals surface area contributed by atoms with E-state index in [9.17, 15) is 0 Å². The summed E-state index contributed by atoms with van der Waals surface area (Å²) < 4.78 is 0. The highest BCUT2D eigenvalue weighted by atomic mass is 14.9. The first-order valence-electron chi connectivity index (χ1n) is 11.7. The van der Waals surface area contributed by atoms with Gasteiger partial charge in [-0.15, -0.1) is 0 Å². The van der Waals surface area contributed by atoms with E-state index >= 15 is 0 Å². The molecule has 2 aromatic carbocycles. The van der Waals surface area contributed by atoms with Crippen molar-refractivity contribution in [1.29, 1.82) is 0 Å². The number of nitrogens with one attached hydrogen (secondary N) is 2. The second-order valence-corrected chi connectivity index (χ2v) is 9.81. The third-order valence-electron chi connectivity index (χ3n) is 7.90. The zero-order valence-electron chi connectivity index (χ0n) is 18.2. The fourth-order valence-corrected chi connectivity index (χ4v) is 5.94. The smallest absolute Gasteiger partial charge is 0.0101 e. The van der Waals surface area contributed by atoms with Crippen LogP contribution in [0.3, 0.4) is 0 Å². The van der Waals surface area contributed by atoms with Crippen molar-refractivity contribution in [3.63, 3.8) is 0 Å². The van der Waals surface area contributed by atoms with Gasteiger partial charge in [0, 0.05) is 19.0 Å². The Labute approximate surface area is 177 Å². The van der Waals surface area contributed by atoms with E-state index in [0.717, 1.165) is 43.8 Å². The van der Waals surface area contributed by atoms with E-state index in [1.165, 1.54) is 36.9 Å². The molecule has 2 aromatic rings. The molecule has 29 heavy (non-hydrogen) atoms. The standard InChI is InChI=1S/C27H38N2/c1-27(2)24-14-13-23(26(27)19-24)20-29-18-17-28-16-15-25(21-9-5-3-6-10-21)22-11-7-4-8-12-22/h3-12,23-26,28-29H,13-20H2,1-2H3/t23?,24?,26-/m0/s1. The molecule has 3 atom stereocenters. The van der Waals surface area contributed by atoms with Crippen molar-refractivity contribution < 1.29 is 0 Å². The van der Waals surface area contributed by atoms with E-state index in [0.29, 0.717) is 11.3 Å². The average molecular weight is 391 g/mol. The Bertz CT molecular complexity index is 698. The van der Waals surface area contributed by atoms with Crippen LogP contribution in [-0.2, 0) is 0 Å². The van der Waals surface area contributed by atoms with Gasteiger partial charge in [-0.2, -0.15) is 0 Å². The lowest BCUT2D eigenvalue weighted by Crippen LogP contribution is -2.54. The minimum absolute atomic E-state index is 0.467. The SMILES string of the molecule is CC1(C)C2CCC(CNCCNCCC(c3ccccc3)c3ccccc3)[C@@H]1C2. The van der Waals surface area contributed by atoms with Crippen LogP contribution in [0.2, 0.25) is 0 Å². The Morgan fingerprint density at radius 3 is 2.03 bits per heavy atom. The molecule has 0 amide bonds. The molecule has 3 aliphatic rings. The normalized spacial score (nSPS) is 25.0. The maximum absolute atomic E-state index is 3.74. The highest BCUT2D eigenvalue weighted by Gasteiger charge is 2.53. The molecule has 2 bridgehead atoms. The summed E-state index contributed by atoms with van der Waals surface area (Å²) >= 11 is 0. The second-order valence-electron chi connectivity index (χ2n) is 9.81. The molecule has 0 aromatic heterocycles. The summed E-state index contributed by atoms with van der Waals surface area (Å²) in [7, 11) is 0. The lowest BCUT2D eigenvalue weighted by atomic mass is 9.45. The molecular formula is C27H38N2. The van der Waals surface area contributed by atoms with Crippen molar-refractivity contribution in [1.82, 2.24) is 10.6 Å². The fraction of sp³-hybridized carbons (Fsp3) is 0.556. The maximum Gasteiger partial charge on any atom is 0.0101 e. The van der Waals surface area contributed by atoms with Crippen LogP contribution in [0.1, 0.15) is 56.6 Å². The third-order valence-corrected chi connectivity index (χ3v) is 7.90. The van der Waals surface area contributed by atoms with Gasteiger partial charge in [-0.25, -0.2) is 0 Å². The van der Waals surface area contributed by atoms with Crippen LogP contribution in [0.5, 0.6) is 0 Å². The Kier molecular flexibility index (Phi) is 6.72. The van der Waals surface area contributed by atoms with Gasteiger partial charge in [-0.1, -0.05) is 74.5 Å². The minimum atomic E-state index is 0.467. The third kappa shape index (κ3) is 4.75. The summed E-state index contributed by atoms with van der Waals surface area (Å²) in [5, 5.41) is 7.40. The first-order chi connectivity index (χ1) is 14.2. The monoisotopic (exact) mass is 390 g/mol. The summed E-state index contributed by atoms with van der Waals surface area (Å²) in [6.07, 6.45) is 5.51. The predicted molar refractivity (Wildman–Crippen MR) is 123 cm³/mol. The zero-order valence-corrected chi connectivity index (χ0v) is 18.2. The van der Waals surface area contributed by atoms with Crippen molar-refractivity contribution >= 4 is 0 Å². The molecule has 0 heterocycles. The maximum atomic E-state index is 3.74. The topological polar surface area (TPSA) is 24.1 Å². The van der Waals surface area contributed by atoms with Crippen LogP contribution in [0.25, 0.3) is 0 Å². The number of fused-ring (bicyclic) bond motifs is 2. The van der Waals surface area contributed by atoms with Crippen molar-refractivity contribution in [3.05, 3.63) is 71.8 Å². The van der Waals surface area contributed by atoms with E-state index in [1.54, 1.807) is 0 Å². The molecule has 0 spiro atoms. The van der Waals surface area contributed by atoms with E-state index in [1.807, 2.05) is 0 Å². The number of hydrogen-bond acceptors (Lipinski definition) is 2. The fourth-order valence-electron chi connectivity index (χ4n) is 5.94. The van der Waals surface area contributed by atoms with Gasteiger partial charge < -0.3 is 10.6 Å². The molecule has 0 radical (unpaired) electrons. The Hall–Kier alpha value is -1.64. The molecule has 2 nitrogen and oxygen atoms in total. The lowest BCUT2D eigenvalue weighted by molar-refractivity contribution is -0.103. The van der Waals surface area contributed by atoms with Crippen LogP contribution in [-0.4, -0.2) is 26.2 Å². The van der Waals surface area contributed by atoms with Crippen molar-refractivity contribution in [2.75, 3.05) is 26.2 Å². The predicted octanol–water partition coefficient (Wildman–Crippen LogP) is 5.46. The number of rotatable bonds is 10. The molecule has 3 fully saturated rings. The molecule has 2 unspecified atom stereocenters. The molecule has 0 aliphatic heterocycles. The van der Waals surface area contributed by atoms with E-state index in [4.69, 9.17) is 0 Å². The van der Waals surface area contributed by atoms with Crippen LogP contribution in [0.15, 0.2) is 60.7 Å². The first-order valence-corrected chi connectivity index (χ1v) is 11.7. The number of hydrogen-bond donors (Lipinski definition) is 2. The molecule has 2 heteroatoms. The van der Waals surface area contributed by atoms with E-state index in [2.05, 4.69) is 85.1 Å². The van der Waals surface area contributed by atoms with Crippen molar-refractivity contribution in [2.45, 2.75) is 45.4 Å². The van der Waals surface area contributed by atoms with Crippen LogP contribution < -0.4 is 10.6 Å². The molecule has 3 saturated carbocycles. The van der Waals surface area contributed by atoms with Gasteiger partial charge in [-0.3, -0.25) is 0 Å². The van der Waals surface area contributed by atoms with Gasteiger partial charge in [0.15, 0.2) is 0 Å².